The molecule has 0 spiro atoms. The van der Waals surface area contributed by atoms with E-state index in [1.165, 1.54) is 16.7 Å². The zero-order valence-corrected chi connectivity index (χ0v) is 21.1. The summed E-state index contributed by atoms with van der Waals surface area (Å²) in [4.78, 5) is 0. The second-order valence-corrected chi connectivity index (χ2v) is 9.98. The van der Waals surface area contributed by atoms with E-state index in [1.54, 1.807) is 0 Å². The summed E-state index contributed by atoms with van der Waals surface area (Å²) < 4.78 is 0. The standard InChI is InChI=1S/C25H28O.C6H5N3/c1-18-16-21(24(2,3)19-12-8-6-9-13-19)17-22(23(18)26)25(4,5)20-14-10-7-11-15-20;1-2-4-6-5(3-1)7-9-8-6/h6-17,26H,1-5H3;1-4H,(H,7,8,9). The van der Waals surface area contributed by atoms with Crippen LogP contribution in [-0.4, -0.2) is 20.5 Å². The normalized spacial score (nSPS) is 11.7. The Hall–Kier alpha value is -3.92. The van der Waals surface area contributed by atoms with Crippen LogP contribution >= 0.6 is 0 Å². The molecule has 0 radical (unpaired) electrons. The van der Waals surface area contributed by atoms with E-state index < -0.39 is 0 Å². The molecular weight excluding hydrogens is 430 g/mol. The number of nitrogens with zero attached hydrogens (tertiary/aromatic N) is 2. The lowest BCUT2D eigenvalue weighted by molar-refractivity contribution is 0.447. The molecule has 0 aliphatic carbocycles. The van der Waals surface area contributed by atoms with Gasteiger partial charge in [-0.2, -0.15) is 15.4 Å². The number of aryl methyl sites for hydroxylation is 1. The number of para-hydroxylation sites is 2. The summed E-state index contributed by atoms with van der Waals surface area (Å²) in [5, 5.41) is 21.2. The molecule has 0 amide bonds. The molecule has 5 rings (SSSR count). The largest absolute Gasteiger partial charge is 0.507 e. The van der Waals surface area contributed by atoms with Gasteiger partial charge in [-0.3, -0.25) is 0 Å². The van der Waals surface area contributed by atoms with E-state index in [2.05, 4.69) is 104 Å². The zero-order chi connectivity index (χ0) is 25.1. The van der Waals surface area contributed by atoms with Gasteiger partial charge in [0.05, 0.1) is 0 Å². The van der Waals surface area contributed by atoms with E-state index in [0.717, 1.165) is 22.2 Å². The van der Waals surface area contributed by atoms with Crippen molar-refractivity contribution < 1.29 is 5.11 Å². The fourth-order valence-corrected chi connectivity index (χ4v) is 4.43. The maximum absolute atomic E-state index is 10.9. The second-order valence-electron chi connectivity index (χ2n) is 9.98. The highest BCUT2D eigenvalue weighted by molar-refractivity contribution is 5.72. The van der Waals surface area contributed by atoms with Gasteiger partial charge < -0.3 is 5.11 Å². The molecule has 0 unspecified atom stereocenters. The first-order valence-electron chi connectivity index (χ1n) is 11.9. The molecule has 0 saturated carbocycles. The quantitative estimate of drug-likeness (QED) is 0.294. The predicted octanol–water partition coefficient (Wildman–Crippen LogP) is 7.31. The first kappa shape index (κ1) is 24.2. The lowest BCUT2D eigenvalue weighted by Gasteiger charge is -2.32. The molecule has 178 valence electrons. The van der Waals surface area contributed by atoms with Crippen LogP contribution < -0.4 is 0 Å². The lowest BCUT2D eigenvalue weighted by Crippen LogP contribution is -2.23. The number of nitrogens with one attached hydrogen (secondary N) is 1. The van der Waals surface area contributed by atoms with Crippen molar-refractivity contribution in [2.75, 3.05) is 0 Å². The van der Waals surface area contributed by atoms with Crippen molar-refractivity contribution in [3.05, 3.63) is 125 Å². The molecule has 1 aromatic heterocycles. The molecule has 0 aliphatic rings. The Balaban J connectivity index is 0.000000266. The van der Waals surface area contributed by atoms with Gasteiger partial charge >= 0.3 is 0 Å². The first-order chi connectivity index (χ1) is 16.7. The van der Waals surface area contributed by atoms with Crippen molar-refractivity contribution in [1.29, 1.82) is 0 Å². The Labute approximate surface area is 207 Å². The number of aromatic nitrogens is 3. The molecule has 0 aliphatic heterocycles. The van der Waals surface area contributed by atoms with Crippen LogP contribution in [0.2, 0.25) is 0 Å². The number of rotatable bonds is 4. The molecule has 5 aromatic rings. The highest BCUT2D eigenvalue weighted by Crippen LogP contribution is 2.42. The number of hydrogen-bond acceptors (Lipinski definition) is 3. The Morgan fingerprint density at radius 3 is 1.57 bits per heavy atom. The van der Waals surface area contributed by atoms with Gasteiger partial charge in [0.1, 0.15) is 16.8 Å². The smallest absolute Gasteiger partial charge is 0.122 e. The number of benzene rings is 4. The van der Waals surface area contributed by atoms with E-state index in [4.69, 9.17) is 0 Å². The van der Waals surface area contributed by atoms with E-state index in [9.17, 15) is 5.11 Å². The Kier molecular flexibility index (Phi) is 6.74. The third-order valence-corrected chi connectivity index (χ3v) is 6.91. The summed E-state index contributed by atoms with van der Waals surface area (Å²) in [6.07, 6.45) is 0. The molecule has 0 bridgehead atoms. The molecule has 0 atom stereocenters. The van der Waals surface area contributed by atoms with Gasteiger partial charge in [0.25, 0.3) is 0 Å². The minimum Gasteiger partial charge on any atom is -0.507 e. The van der Waals surface area contributed by atoms with Gasteiger partial charge in [-0.1, -0.05) is 113 Å². The maximum Gasteiger partial charge on any atom is 0.122 e. The molecule has 4 nitrogen and oxygen atoms in total. The number of aromatic hydroxyl groups is 1. The second kappa shape index (κ2) is 9.75. The molecule has 4 heteroatoms. The van der Waals surface area contributed by atoms with Crippen LogP contribution in [0.15, 0.2) is 97.1 Å². The van der Waals surface area contributed by atoms with Gasteiger partial charge in [-0.05, 0) is 41.3 Å². The highest BCUT2D eigenvalue weighted by Gasteiger charge is 2.31. The Morgan fingerprint density at radius 1 is 0.600 bits per heavy atom. The topological polar surface area (TPSA) is 61.8 Å². The number of H-pyrrole nitrogens is 1. The molecule has 0 saturated heterocycles. The lowest BCUT2D eigenvalue weighted by atomic mass is 9.72. The van der Waals surface area contributed by atoms with E-state index in [0.29, 0.717) is 5.75 Å². The molecule has 2 N–H and O–H groups in total. The average Bonchev–Trinajstić information content (AvgIpc) is 3.36. The van der Waals surface area contributed by atoms with E-state index in [1.807, 2.05) is 43.3 Å². The number of phenols is 1. The summed E-state index contributed by atoms with van der Waals surface area (Å²) in [6.45, 7) is 10.8. The van der Waals surface area contributed by atoms with E-state index in [-0.39, 0.29) is 10.8 Å². The van der Waals surface area contributed by atoms with Crippen molar-refractivity contribution >= 4 is 11.0 Å². The minimum absolute atomic E-state index is 0.138. The number of hydrogen-bond donors (Lipinski definition) is 2. The maximum atomic E-state index is 10.9. The number of fused-ring (bicyclic) bond motifs is 1. The summed E-state index contributed by atoms with van der Waals surface area (Å²) in [7, 11) is 0. The van der Waals surface area contributed by atoms with Gasteiger partial charge in [0.15, 0.2) is 0 Å². The Morgan fingerprint density at radius 2 is 1.06 bits per heavy atom. The number of phenolic OH excluding ortho intramolecular Hbond substituents is 1. The van der Waals surface area contributed by atoms with Gasteiger partial charge in [-0.25, -0.2) is 0 Å². The molecule has 4 aromatic carbocycles. The number of aromatic amines is 1. The third kappa shape index (κ3) is 4.97. The summed E-state index contributed by atoms with van der Waals surface area (Å²) in [6, 6.07) is 33.0. The molecule has 0 fully saturated rings. The summed E-state index contributed by atoms with van der Waals surface area (Å²) in [5.41, 5.74) is 7.00. The fraction of sp³-hybridized carbons (Fsp3) is 0.226. The van der Waals surface area contributed by atoms with Crippen LogP contribution in [0.5, 0.6) is 5.75 Å². The van der Waals surface area contributed by atoms with Crippen molar-refractivity contribution in [3.63, 3.8) is 0 Å². The Bertz CT molecular complexity index is 1370. The van der Waals surface area contributed by atoms with Crippen LogP contribution in [0.1, 0.15) is 55.5 Å². The van der Waals surface area contributed by atoms with Crippen LogP contribution in [0, 0.1) is 6.92 Å². The SMILES string of the molecule is Cc1cc(C(C)(C)c2ccccc2)cc(C(C)(C)c2ccccc2)c1O.c1ccc2n[nH]nc2c1. The minimum atomic E-state index is -0.279. The zero-order valence-electron chi connectivity index (χ0n) is 21.1. The van der Waals surface area contributed by atoms with Gasteiger partial charge in [0, 0.05) is 16.4 Å². The average molecular weight is 464 g/mol. The highest BCUT2D eigenvalue weighted by atomic mass is 16.3. The third-order valence-electron chi connectivity index (χ3n) is 6.91. The summed E-state index contributed by atoms with van der Waals surface area (Å²) in [5.74, 6) is 0.395. The summed E-state index contributed by atoms with van der Waals surface area (Å²) >= 11 is 0. The van der Waals surface area contributed by atoms with Crippen molar-refractivity contribution in [1.82, 2.24) is 15.4 Å². The van der Waals surface area contributed by atoms with Crippen LogP contribution in [0.4, 0.5) is 0 Å². The van der Waals surface area contributed by atoms with Gasteiger partial charge in [-0.15, -0.1) is 0 Å². The van der Waals surface area contributed by atoms with Crippen molar-refractivity contribution in [2.45, 2.75) is 45.4 Å². The fourth-order valence-electron chi connectivity index (χ4n) is 4.43. The van der Waals surface area contributed by atoms with Crippen LogP contribution in [0.3, 0.4) is 0 Å². The molecular formula is C31H33N3O. The molecule has 1 heterocycles. The van der Waals surface area contributed by atoms with Gasteiger partial charge in [0.2, 0.25) is 0 Å². The van der Waals surface area contributed by atoms with Crippen molar-refractivity contribution in [2.24, 2.45) is 0 Å². The van der Waals surface area contributed by atoms with Crippen LogP contribution in [0.25, 0.3) is 11.0 Å². The van der Waals surface area contributed by atoms with E-state index >= 15 is 0 Å². The van der Waals surface area contributed by atoms with Crippen LogP contribution in [-0.2, 0) is 10.8 Å². The molecule has 35 heavy (non-hydrogen) atoms. The monoisotopic (exact) mass is 463 g/mol. The van der Waals surface area contributed by atoms with Crippen molar-refractivity contribution in [3.8, 4) is 5.75 Å². The predicted molar refractivity (Wildman–Crippen MR) is 144 cm³/mol. The first-order valence-corrected chi connectivity index (χ1v) is 11.9.